The molecule has 1 heterocycles. The van der Waals surface area contributed by atoms with Crippen molar-refractivity contribution < 1.29 is 19.5 Å². The molecule has 2 rings (SSSR count). The fraction of sp³-hybridized carbons (Fsp3) is 0.308. The van der Waals surface area contributed by atoms with Crippen LogP contribution in [0, 0.1) is 0 Å². The van der Waals surface area contributed by atoms with Crippen molar-refractivity contribution in [2.75, 3.05) is 0 Å². The first kappa shape index (κ1) is 13.7. The molecule has 1 aromatic carbocycles. The molecule has 0 radical (unpaired) electrons. The minimum Gasteiger partial charge on any atom is -0.480 e. The molecule has 0 bridgehead atoms. The number of hydrogen-bond donors (Lipinski definition) is 1. The van der Waals surface area contributed by atoms with Gasteiger partial charge in [-0.2, -0.15) is 0 Å². The van der Waals surface area contributed by atoms with E-state index in [1.165, 1.54) is 0 Å². The maximum Gasteiger partial charge on any atom is 0.326 e. The second-order valence-electron chi connectivity index (χ2n) is 4.33. The van der Waals surface area contributed by atoms with Crippen LogP contribution in [0.3, 0.4) is 0 Å². The molecule has 1 N–H and O–H groups in total. The number of hydrogen-bond acceptors (Lipinski definition) is 3. The SMILES string of the molecule is O=C(O)C1CCCC(=O)N1C(=O)c1cccc(Br)c1. The molecular formula is C13H12BrNO4. The number of rotatable bonds is 2. The first-order valence-electron chi connectivity index (χ1n) is 5.85. The standard InChI is InChI=1S/C13H12BrNO4/c14-9-4-1-3-8(7-9)12(17)15-10(13(18)19)5-2-6-11(15)16/h1,3-4,7,10H,2,5-6H2,(H,18,19). The summed E-state index contributed by atoms with van der Waals surface area (Å²) in [4.78, 5) is 36.2. The Morgan fingerprint density at radius 3 is 2.74 bits per heavy atom. The van der Waals surface area contributed by atoms with Gasteiger partial charge in [-0.3, -0.25) is 14.5 Å². The molecule has 0 aromatic heterocycles. The average Bonchev–Trinajstić information content (AvgIpc) is 2.37. The fourth-order valence-electron chi connectivity index (χ4n) is 2.12. The molecule has 1 aromatic rings. The number of imide groups is 1. The number of benzene rings is 1. The molecule has 1 aliphatic rings. The van der Waals surface area contributed by atoms with Crippen LogP contribution in [0.2, 0.25) is 0 Å². The Morgan fingerprint density at radius 1 is 1.37 bits per heavy atom. The summed E-state index contributed by atoms with van der Waals surface area (Å²) >= 11 is 3.24. The summed E-state index contributed by atoms with van der Waals surface area (Å²) in [6.07, 6.45) is 1.02. The number of nitrogens with zero attached hydrogens (tertiary/aromatic N) is 1. The summed E-state index contributed by atoms with van der Waals surface area (Å²) in [5, 5.41) is 9.12. The molecule has 2 amide bonds. The third-order valence-electron chi connectivity index (χ3n) is 3.02. The molecule has 0 spiro atoms. The van der Waals surface area contributed by atoms with Gasteiger partial charge in [0, 0.05) is 16.5 Å². The van der Waals surface area contributed by atoms with Crippen LogP contribution in [0.5, 0.6) is 0 Å². The minimum absolute atomic E-state index is 0.212. The zero-order valence-electron chi connectivity index (χ0n) is 10.0. The third-order valence-corrected chi connectivity index (χ3v) is 3.52. The largest absolute Gasteiger partial charge is 0.480 e. The van der Waals surface area contributed by atoms with Crippen LogP contribution in [0.4, 0.5) is 0 Å². The van der Waals surface area contributed by atoms with E-state index in [2.05, 4.69) is 15.9 Å². The van der Waals surface area contributed by atoms with Crippen LogP contribution < -0.4 is 0 Å². The van der Waals surface area contributed by atoms with Gasteiger partial charge in [0.25, 0.3) is 5.91 Å². The minimum atomic E-state index is -1.14. The molecule has 1 unspecified atom stereocenters. The maximum absolute atomic E-state index is 12.3. The molecule has 1 aliphatic heterocycles. The lowest BCUT2D eigenvalue weighted by molar-refractivity contribution is -0.150. The molecule has 1 fully saturated rings. The number of likely N-dealkylation sites (tertiary alicyclic amines) is 1. The Labute approximate surface area is 118 Å². The summed E-state index contributed by atoms with van der Waals surface area (Å²) in [6.45, 7) is 0. The first-order chi connectivity index (χ1) is 9.00. The normalized spacial score (nSPS) is 19.3. The lowest BCUT2D eigenvalue weighted by Gasteiger charge is -2.31. The lowest BCUT2D eigenvalue weighted by atomic mass is 10.0. The van der Waals surface area contributed by atoms with Gasteiger partial charge in [-0.25, -0.2) is 4.79 Å². The average molecular weight is 326 g/mol. The van der Waals surface area contributed by atoms with Gasteiger partial charge in [-0.1, -0.05) is 22.0 Å². The van der Waals surface area contributed by atoms with Crippen molar-refractivity contribution in [2.24, 2.45) is 0 Å². The van der Waals surface area contributed by atoms with Gasteiger partial charge in [-0.15, -0.1) is 0 Å². The Kier molecular flexibility index (Phi) is 3.99. The van der Waals surface area contributed by atoms with Crippen LogP contribution in [-0.4, -0.2) is 33.8 Å². The smallest absolute Gasteiger partial charge is 0.326 e. The number of halogens is 1. The first-order valence-corrected chi connectivity index (χ1v) is 6.65. The van der Waals surface area contributed by atoms with Crippen molar-refractivity contribution in [1.29, 1.82) is 0 Å². The zero-order chi connectivity index (χ0) is 14.0. The quantitative estimate of drug-likeness (QED) is 0.844. The van der Waals surface area contributed by atoms with Crippen LogP contribution in [-0.2, 0) is 9.59 Å². The number of carbonyl (C=O) groups excluding carboxylic acids is 2. The molecule has 19 heavy (non-hydrogen) atoms. The van der Waals surface area contributed by atoms with E-state index in [0.717, 1.165) is 4.90 Å². The number of carbonyl (C=O) groups is 3. The number of carboxylic acids is 1. The summed E-state index contributed by atoms with van der Waals surface area (Å²) in [7, 11) is 0. The van der Waals surface area contributed by atoms with E-state index in [1.807, 2.05) is 0 Å². The van der Waals surface area contributed by atoms with Crippen LogP contribution in [0.15, 0.2) is 28.7 Å². The monoisotopic (exact) mass is 325 g/mol. The van der Waals surface area contributed by atoms with Gasteiger partial charge in [0.05, 0.1) is 0 Å². The Morgan fingerprint density at radius 2 is 2.11 bits per heavy atom. The van der Waals surface area contributed by atoms with Gasteiger partial charge in [-0.05, 0) is 31.0 Å². The highest BCUT2D eigenvalue weighted by Gasteiger charge is 2.37. The molecule has 0 saturated carbocycles. The van der Waals surface area contributed by atoms with Crippen LogP contribution >= 0.6 is 15.9 Å². The Balaban J connectivity index is 2.33. The van der Waals surface area contributed by atoms with E-state index in [9.17, 15) is 14.4 Å². The van der Waals surface area contributed by atoms with E-state index >= 15 is 0 Å². The van der Waals surface area contributed by atoms with Crippen molar-refractivity contribution in [3.63, 3.8) is 0 Å². The van der Waals surface area contributed by atoms with E-state index in [4.69, 9.17) is 5.11 Å². The number of carboxylic acid groups (broad SMARTS) is 1. The van der Waals surface area contributed by atoms with Crippen molar-refractivity contribution in [3.05, 3.63) is 34.3 Å². The third kappa shape index (κ3) is 2.84. The summed E-state index contributed by atoms with van der Waals surface area (Å²) in [5.74, 6) is -2.13. The number of amides is 2. The molecular weight excluding hydrogens is 314 g/mol. The second kappa shape index (κ2) is 5.52. The van der Waals surface area contributed by atoms with Crippen LogP contribution in [0.25, 0.3) is 0 Å². The van der Waals surface area contributed by atoms with Gasteiger partial charge in [0.2, 0.25) is 5.91 Å². The number of aliphatic carboxylic acids is 1. The number of piperidine rings is 1. The zero-order valence-corrected chi connectivity index (χ0v) is 11.6. The topological polar surface area (TPSA) is 74.7 Å². The lowest BCUT2D eigenvalue weighted by Crippen LogP contribution is -2.51. The fourth-order valence-corrected chi connectivity index (χ4v) is 2.52. The van der Waals surface area contributed by atoms with Crippen LogP contribution in [0.1, 0.15) is 29.6 Å². The molecule has 100 valence electrons. The molecule has 6 heteroatoms. The second-order valence-corrected chi connectivity index (χ2v) is 5.24. The molecule has 0 aliphatic carbocycles. The Hall–Kier alpha value is -1.69. The van der Waals surface area contributed by atoms with Crippen molar-refractivity contribution >= 4 is 33.7 Å². The molecule has 5 nitrogen and oxygen atoms in total. The summed E-state index contributed by atoms with van der Waals surface area (Å²) in [6, 6.07) is 5.50. The van der Waals surface area contributed by atoms with Crippen molar-refractivity contribution in [2.45, 2.75) is 25.3 Å². The van der Waals surface area contributed by atoms with E-state index in [0.29, 0.717) is 22.9 Å². The molecule has 1 saturated heterocycles. The summed E-state index contributed by atoms with van der Waals surface area (Å²) < 4.78 is 0.703. The van der Waals surface area contributed by atoms with Crippen molar-refractivity contribution in [3.8, 4) is 0 Å². The van der Waals surface area contributed by atoms with Gasteiger partial charge >= 0.3 is 5.97 Å². The Bertz CT molecular complexity index is 543. The van der Waals surface area contributed by atoms with E-state index in [-0.39, 0.29) is 6.42 Å². The predicted octanol–water partition coefficient (Wildman–Crippen LogP) is 2.06. The van der Waals surface area contributed by atoms with Gasteiger partial charge < -0.3 is 5.11 Å². The van der Waals surface area contributed by atoms with Gasteiger partial charge in [0.15, 0.2) is 0 Å². The maximum atomic E-state index is 12.3. The van der Waals surface area contributed by atoms with E-state index in [1.54, 1.807) is 24.3 Å². The summed E-state index contributed by atoms with van der Waals surface area (Å²) in [5.41, 5.74) is 0.302. The highest BCUT2D eigenvalue weighted by Crippen LogP contribution is 2.22. The van der Waals surface area contributed by atoms with E-state index < -0.39 is 23.8 Å². The highest BCUT2D eigenvalue weighted by molar-refractivity contribution is 9.10. The predicted molar refractivity (Wildman–Crippen MR) is 70.6 cm³/mol. The van der Waals surface area contributed by atoms with Crippen molar-refractivity contribution in [1.82, 2.24) is 4.90 Å². The molecule has 1 atom stereocenters. The van der Waals surface area contributed by atoms with Gasteiger partial charge in [0.1, 0.15) is 6.04 Å². The highest BCUT2D eigenvalue weighted by atomic mass is 79.9.